The minimum absolute atomic E-state index is 0.195. The van der Waals surface area contributed by atoms with Crippen LogP contribution in [0.2, 0.25) is 5.02 Å². The SMILES string of the molecule is CC(C)(C)Cc1nc2n[nH]c(-c3cccc(Cl)c3)c2c(CCC(F)(F)F)c1C#N. The Bertz CT molecular complexity index is 1090. The van der Waals surface area contributed by atoms with Gasteiger partial charge in [0.25, 0.3) is 0 Å². The number of nitriles is 1. The van der Waals surface area contributed by atoms with E-state index in [0.717, 1.165) is 0 Å². The fourth-order valence-corrected chi connectivity index (χ4v) is 3.50. The fraction of sp³-hybridized carbons (Fsp3) is 0.381. The zero-order valence-corrected chi connectivity index (χ0v) is 17.0. The molecule has 3 rings (SSSR count). The van der Waals surface area contributed by atoms with Gasteiger partial charge in [0.2, 0.25) is 0 Å². The monoisotopic (exact) mass is 420 g/mol. The molecule has 0 saturated carbocycles. The van der Waals surface area contributed by atoms with Crippen molar-refractivity contribution in [3.8, 4) is 17.3 Å². The molecule has 2 aromatic heterocycles. The highest BCUT2D eigenvalue weighted by molar-refractivity contribution is 6.30. The van der Waals surface area contributed by atoms with Crippen LogP contribution >= 0.6 is 11.6 Å². The van der Waals surface area contributed by atoms with Crippen LogP contribution < -0.4 is 0 Å². The molecule has 0 aliphatic carbocycles. The third-order valence-electron chi connectivity index (χ3n) is 4.46. The Balaban J connectivity index is 2.28. The summed E-state index contributed by atoms with van der Waals surface area (Å²) in [5.74, 6) is 0. The van der Waals surface area contributed by atoms with Gasteiger partial charge in [-0.15, -0.1) is 0 Å². The van der Waals surface area contributed by atoms with E-state index in [2.05, 4.69) is 21.3 Å². The van der Waals surface area contributed by atoms with Gasteiger partial charge >= 0.3 is 6.18 Å². The average molecular weight is 421 g/mol. The summed E-state index contributed by atoms with van der Waals surface area (Å²) in [6.45, 7) is 5.95. The topological polar surface area (TPSA) is 65.4 Å². The maximum Gasteiger partial charge on any atom is 0.389 e. The number of nitrogens with zero attached hydrogens (tertiary/aromatic N) is 3. The van der Waals surface area contributed by atoms with Crippen molar-refractivity contribution in [2.24, 2.45) is 5.41 Å². The van der Waals surface area contributed by atoms with Crippen LogP contribution in [0.1, 0.15) is 44.0 Å². The number of rotatable bonds is 4. The lowest BCUT2D eigenvalue weighted by Crippen LogP contribution is -2.15. The lowest BCUT2D eigenvalue weighted by Gasteiger charge is -2.20. The Morgan fingerprint density at radius 2 is 1.93 bits per heavy atom. The van der Waals surface area contributed by atoms with Gasteiger partial charge in [-0.05, 0) is 36.0 Å². The van der Waals surface area contributed by atoms with E-state index < -0.39 is 12.6 Å². The summed E-state index contributed by atoms with van der Waals surface area (Å²) < 4.78 is 39.0. The second-order valence-electron chi connectivity index (χ2n) is 8.18. The van der Waals surface area contributed by atoms with Crippen LogP contribution in [0.3, 0.4) is 0 Å². The average Bonchev–Trinajstić information content (AvgIpc) is 3.00. The number of hydrogen-bond acceptors (Lipinski definition) is 3. The van der Waals surface area contributed by atoms with Gasteiger partial charge in [-0.1, -0.05) is 44.5 Å². The second-order valence-corrected chi connectivity index (χ2v) is 8.62. The summed E-state index contributed by atoms with van der Waals surface area (Å²) in [6, 6.07) is 9.01. The molecule has 0 fully saturated rings. The first kappa shape index (κ1) is 21.1. The van der Waals surface area contributed by atoms with E-state index in [9.17, 15) is 18.4 Å². The fourth-order valence-electron chi connectivity index (χ4n) is 3.31. The van der Waals surface area contributed by atoms with Crippen molar-refractivity contribution < 1.29 is 13.2 Å². The molecule has 0 radical (unpaired) electrons. The molecular formula is C21H20ClF3N4. The van der Waals surface area contributed by atoms with Gasteiger partial charge in [0.05, 0.1) is 22.3 Å². The van der Waals surface area contributed by atoms with Crippen molar-refractivity contribution in [1.82, 2.24) is 15.2 Å². The smallest absolute Gasteiger partial charge is 0.275 e. The number of benzene rings is 1. The highest BCUT2D eigenvalue weighted by atomic mass is 35.5. The van der Waals surface area contributed by atoms with Crippen molar-refractivity contribution >= 4 is 22.6 Å². The number of H-pyrrole nitrogens is 1. The second kappa shape index (κ2) is 7.68. The molecule has 3 aromatic rings. The molecule has 0 amide bonds. The summed E-state index contributed by atoms with van der Waals surface area (Å²) in [5.41, 5.74) is 2.26. The Kier molecular flexibility index (Phi) is 5.59. The molecule has 2 heterocycles. The van der Waals surface area contributed by atoms with Gasteiger partial charge in [-0.3, -0.25) is 5.10 Å². The van der Waals surface area contributed by atoms with Crippen LogP contribution in [0.4, 0.5) is 13.2 Å². The molecule has 4 nitrogen and oxygen atoms in total. The molecule has 0 aliphatic heterocycles. The van der Waals surface area contributed by atoms with Gasteiger partial charge in [0.1, 0.15) is 6.07 Å². The van der Waals surface area contributed by atoms with Gasteiger partial charge in [-0.2, -0.15) is 23.5 Å². The molecular weight excluding hydrogens is 401 g/mol. The zero-order chi connectivity index (χ0) is 21.4. The van der Waals surface area contributed by atoms with E-state index in [1.54, 1.807) is 24.3 Å². The minimum atomic E-state index is -4.34. The molecule has 0 spiro atoms. The molecule has 29 heavy (non-hydrogen) atoms. The summed E-state index contributed by atoms with van der Waals surface area (Å²) in [7, 11) is 0. The number of aromatic amines is 1. The summed E-state index contributed by atoms with van der Waals surface area (Å²) in [5, 5.41) is 17.8. The van der Waals surface area contributed by atoms with Crippen LogP contribution in [0, 0.1) is 16.7 Å². The van der Waals surface area contributed by atoms with Crippen LogP contribution in [0.25, 0.3) is 22.3 Å². The van der Waals surface area contributed by atoms with Gasteiger partial charge in [-0.25, -0.2) is 4.98 Å². The standard InChI is InChI=1S/C21H20ClF3N4/c1-20(2,3)10-16-15(11-26)14(7-8-21(23,24)25)17-18(28-29-19(17)27-16)12-5-4-6-13(22)9-12/h4-6,9H,7-8,10H2,1-3H3,(H,27,28,29). The van der Waals surface area contributed by atoms with Gasteiger partial charge in [0, 0.05) is 17.0 Å². The maximum absolute atomic E-state index is 13.0. The van der Waals surface area contributed by atoms with E-state index >= 15 is 0 Å². The number of halogens is 4. The Hall–Kier alpha value is -2.59. The number of alkyl halides is 3. The van der Waals surface area contributed by atoms with Gasteiger partial charge < -0.3 is 0 Å². The van der Waals surface area contributed by atoms with Crippen LogP contribution in [-0.4, -0.2) is 21.4 Å². The van der Waals surface area contributed by atoms with Gasteiger partial charge in [0.15, 0.2) is 5.65 Å². The highest BCUT2D eigenvalue weighted by Gasteiger charge is 2.30. The van der Waals surface area contributed by atoms with Crippen molar-refractivity contribution in [3.63, 3.8) is 0 Å². The van der Waals surface area contributed by atoms with E-state index in [1.165, 1.54) is 0 Å². The number of fused-ring (bicyclic) bond motifs is 1. The number of hydrogen-bond donors (Lipinski definition) is 1. The van der Waals surface area contributed by atoms with Crippen molar-refractivity contribution in [2.45, 2.75) is 46.2 Å². The number of aryl methyl sites for hydroxylation is 1. The molecule has 8 heteroatoms. The Morgan fingerprint density at radius 3 is 2.52 bits per heavy atom. The first-order valence-corrected chi connectivity index (χ1v) is 9.49. The highest BCUT2D eigenvalue weighted by Crippen LogP contribution is 2.36. The molecule has 1 aromatic carbocycles. The molecule has 0 unspecified atom stereocenters. The normalized spacial score (nSPS) is 12.3. The van der Waals surface area contributed by atoms with Crippen LogP contribution in [0.15, 0.2) is 24.3 Å². The van der Waals surface area contributed by atoms with E-state index in [4.69, 9.17) is 11.6 Å². The zero-order valence-electron chi connectivity index (χ0n) is 16.3. The summed E-state index contributed by atoms with van der Waals surface area (Å²) in [4.78, 5) is 4.53. The van der Waals surface area contributed by atoms with E-state index in [1.807, 2.05) is 20.8 Å². The molecule has 0 aliphatic rings. The summed E-state index contributed by atoms with van der Waals surface area (Å²) in [6.07, 6.45) is -5.25. The Labute approximate surface area is 171 Å². The first-order chi connectivity index (χ1) is 13.5. The predicted octanol–water partition coefficient (Wildman–Crippen LogP) is 6.23. The molecule has 1 N–H and O–H groups in total. The maximum atomic E-state index is 13.0. The lowest BCUT2D eigenvalue weighted by atomic mass is 9.86. The number of nitrogens with one attached hydrogen (secondary N) is 1. The Morgan fingerprint density at radius 1 is 1.21 bits per heavy atom. The predicted molar refractivity (Wildman–Crippen MR) is 107 cm³/mol. The lowest BCUT2D eigenvalue weighted by molar-refractivity contribution is -0.133. The third kappa shape index (κ3) is 4.88. The van der Waals surface area contributed by atoms with Crippen molar-refractivity contribution in [2.75, 3.05) is 0 Å². The summed E-state index contributed by atoms with van der Waals surface area (Å²) >= 11 is 6.08. The minimum Gasteiger partial charge on any atom is -0.275 e. The quantitative estimate of drug-likeness (QED) is 0.543. The molecule has 0 atom stereocenters. The molecule has 0 bridgehead atoms. The molecule has 152 valence electrons. The van der Waals surface area contributed by atoms with E-state index in [0.29, 0.717) is 45.0 Å². The van der Waals surface area contributed by atoms with E-state index in [-0.39, 0.29) is 17.4 Å². The van der Waals surface area contributed by atoms with Crippen LogP contribution in [0.5, 0.6) is 0 Å². The van der Waals surface area contributed by atoms with Crippen LogP contribution in [-0.2, 0) is 12.8 Å². The molecule has 0 saturated heterocycles. The number of aromatic nitrogens is 3. The van der Waals surface area contributed by atoms with Crippen molar-refractivity contribution in [3.05, 3.63) is 46.1 Å². The van der Waals surface area contributed by atoms with Crippen molar-refractivity contribution in [1.29, 1.82) is 5.26 Å². The first-order valence-electron chi connectivity index (χ1n) is 9.11. The number of pyridine rings is 1. The largest absolute Gasteiger partial charge is 0.389 e. The third-order valence-corrected chi connectivity index (χ3v) is 4.70.